The summed E-state index contributed by atoms with van der Waals surface area (Å²) in [6, 6.07) is 7.43. The van der Waals surface area contributed by atoms with E-state index in [-0.39, 0.29) is 0 Å². The van der Waals surface area contributed by atoms with Crippen molar-refractivity contribution in [1.29, 1.82) is 0 Å². The molecule has 1 aliphatic carbocycles. The quantitative estimate of drug-likeness (QED) is 0.831. The minimum absolute atomic E-state index is 0.362. The molecule has 1 aromatic rings. The van der Waals surface area contributed by atoms with Crippen LogP contribution in [0.2, 0.25) is 0 Å². The summed E-state index contributed by atoms with van der Waals surface area (Å²) in [5.41, 5.74) is 0. The lowest BCUT2D eigenvalue weighted by Gasteiger charge is -2.35. The summed E-state index contributed by atoms with van der Waals surface area (Å²) >= 11 is 0. The molecule has 0 radical (unpaired) electrons. The van der Waals surface area contributed by atoms with Crippen LogP contribution in [0.15, 0.2) is 29.2 Å². The molecule has 1 saturated carbocycles. The van der Waals surface area contributed by atoms with Crippen LogP contribution < -0.4 is 9.64 Å². The van der Waals surface area contributed by atoms with Crippen LogP contribution >= 0.6 is 0 Å². The first-order chi connectivity index (χ1) is 11.6. The molecule has 1 aromatic carbocycles. The standard InChI is InChI=1S/C18H28N2O3S/c1-23-17-8-10-18(11-9-17)24(21,22)20-14-12-19(13-15-20)16-6-4-2-3-5-7-16/h8-11,16H,2-7,12-15H2,1H3/p+1. The van der Waals surface area contributed by atoms with Gasteiger partial charge in [0.1, 0.15) is 5.75 Å². The summed E-state index contributed by atoms with van der Waals surface area (Å²) in [7, 11) is -1.80. The molecule has 5 nitrogen and oxygen atoms in total. The number of piperazine rings is 1. The van der Waals surface area contributed by atoms with Gasteiger partial charge >= 0.3 is 0 Å². The highest BCUT2D eigenvalue weighted by Crippen LogP contribution is 2.20. The van der Waals surface area contributed by atoms with Gasteiger partial charge < -0.3 is 9.64 Å². The van der Waals surface area contributed by atoms with E-state index in [1.54, 1.807) is 40.6 Å². The predicted molar refractivity (Wildman–Crippen MR) is 93.9 cm³/mol. The number of hydrogen-bond acceptors (Lipinski definition) is 3. The van der Waals surface area contributed by atoms with E-state index in [0.717, 1.165) is 19.1 Å². The molecule has 6 heteroatoms. The molecule has 1 N–H and O–H groups in total. The van der Waals surface area contributed by atoms with Gasteiger partial charge in [0.25, 0.3) is 0 Å². The van der Waals surface area contributed by atoms with E-state index in [2.05, 4.69) is 0 Å². The molecule has 0 aromatic heterocycles. The second kappa shape index (κ2) is 7.85. The number of ether oxygens (including phenoxy) is 1. The molecular formula is C18H29N2O3S+. The topological polar surface area (TPSA) is 51.1 Å². The van der Waals surface area contributed by atoms with Gasteiger partial charge in [-0.1, -0.05) is 12.8 Å². The van der Waals surface area contributed by atoms with Gasteiger partial charge in [-0.15, -0.1) is 0 Å². The zero-order valence-corrected chi connectivity index (χ0v) is 15.4. The van der Waals surface area contributed by atoms with Gasteiger partial charge in [-0.05, 0) is 49.9 Å². The summed E-state index contributed by atoms with van der Waals surface area (Å²) in [6.07, 6.45) is 8.01. The first kappa shape index (κ1) is 17.7. The van der Waals surface area contributed by atoms with Crippen LogP contribution in [0.3, 0.4) is 0 Å². The third kappa shape index (κ3) is 3.92. The van der Waals surface area contributed by atoms with E-state index in [9.17, 15) is 8.42 Å². The summed E-state index contributed by atoms with van der Waals surface area (Å²) in [5, 5.41) is 0. The average molecular weight is 354 g/mol. The number of quaternary nitrogens is 1. The maximum atomic E-state index is 12.8. The normalized spacial score (nSPS) is 22.2. The number of methoxy groups -OCH3 is 1. The Bertz CT molecular complexity index is 614. The van der Waals surface area contributed by atoms with Crippen molar-refractivity contribution in [2.45, 2.75) is 49.5 Å². The Kier molecular flexibility index (Phi) is 5.79. The fraction of sp³-hybridized carbons (Fsp3) is 0.667. The second-order valence-electron chi connectivity index (χ2n) is 6.93. The number of nitrogens with one attached hydrogen (secondary N) is 1. The smallest absolute Gasteiger partial charge is 0.243 e. The summed E-state index contributed by atoms with van der Waals surface area (Å²) in [4.78, 5) is 1.97. The Labute approximate surface area is 145 Å². The molecule has 0 bridgehead atoms. The first-order valence-corrected chi connectivity index (χ1v) is 10.5. The molecule has 0 spiro atoms. The monoisotopic (exact) mass is 353 g/mol. The maximum absolute atomic E-state index is 12.8. The summed E-state index contributed by atoms with van der Waals surface area (Å²) in [5.74, 6) is 0.677. The molecule has 1 aliphatic heterocycles. The fourth-order valence-corrected chi connectivity index (χ4v) is 5.45. The van der Waals surface area contributed by atoms with Gasteiger partial charge in [-0.2, -0.15) is 4.31 Å². The number of hydrogen-bond donors (Lipinski definition) is 1. The van der Waals surface area contributed by atoms with Crippen LogP contribution in [-0.4, -0.2) is 52.1 Å². The lowest BCUT2D eigenvalue weighted by atomic mass is 10.1. The van der Waals surface area contributed by atoms with Crippen molar-refractivity contribution in [1.82, 2.24) is 4.31 Å². The van der Waals surface area contributed by atoms with Crippen molar-refractivity contribution in [2.24, 2.45) is 0 Å². The van der Waals surface area contributed by atoms with Crippen LogP contribution in [0.5, 0.6) is 5.75 Å². The van der Waals surface area contributed by atoms with E-state index in [1.807, 2.05) is 0 Å². The Hall–Kier alpha value is -1.11. The number of rotatable bonds is 4. The maximum Gasteiger partial charge on any atom is 0.243 e. The van der Waals surface area contributed by atoms with E-state index in [1.165, 1.54) is 38.5 Å². The van der Waals surface area contributed by atoms with Crippen molar-refractivity contribution < 1.29 is 18.1 Å². The molecule has 1 saturated heterocycles. The van der Waals surface area contributed by atoms with E-state index in [0.29, 0.717) is 23.7 Å². The molecule has 2 fully saturated rings. The molecule has 134 valence electrons. The van der Waals surface area contributed by atoms with Crippen molar-refractivity contribution in [3.63, 3.8) is 0 Å². The molecular weight excluding hydrogens is 324 g/mol. The highest BCUT2D eigenvalue weighted by Gasteiger charge is 2.33. The average Bonchev–Trinajstić information content (AvgIpc) is 2.91. The molecule has 0 amide bonds. The van der Waals surface area contributed by atoms with Gasteiger partial charge in [-0.3, -0.25) is 0 Å². The Morgan fingerprint density at radius 1 is 1.00 bits per heavy atom. The third-order valence-electron chi connectivity index (χ3n) is 5.49. The van der Waals surface area contributed by atoms with Crippen LogP contribution in [-0.2, 0) is 10.0 Å². The third-order valence-corrected chi connectivity index (χ3v) is 7.41. The van der Waals surface area contributed by atoms with Gasteiger partial charge in [0.05, 0.1) is 44.2 Å². The lowest BCUT2D eigenvalue weighted by molar-refractivity contribution is -0.929. The Morgan fingerprint density at radius 2 is 1.58 bits per heavy atom. The Morgan fingerprint density at radius 3 is 2.12 bits per heavy atom. The molecule has 0 atom stereocenters. The molecule has 0 unspecified atom stereocenters. The van der Waals surface area contributed by atoms with Crippen LogP contribution in [0.4, 0.5) is 0 Å². The van der Waals surface area contributed by atoms with Gasteiger partial charge in [-0.25, -0.2) is 8.42 Å². The van der Waals surface area contributed by atoms with Crippen LogP contribution in [0.1, 0.15) is 38.5 Å². The van der Waals surface area contributed by atoms with Crippen LogP contribution in [0, 0.1) is 0 Å². The summed E-state index contributed by atoms with van der Waals surface area (Å²) in [6.45, 7) is 3.11. The van der Waals surface area contributed by atoms with E-state index >= 15 is 0 Å². The predicted octanol–water partition coefficient (Wildman–Crippen LogP) is 1.31. The minimum Gasteiger partial charge on any atom is -0.497 e. The zero-order valence-electron chi connectivity index (χ0n) is 14.5. The van der Waals surface area contributed by atoms with E-state index in [4.69, 9.17) is 4.74 Å². The lowest BCUT2D eigenvalue weighted by Crippen LogP contribution is -3.18. The SMILES string of the molecule is COc1ccc(S(=O)(=O)N2CC[NH+](C3CCCCCC3)CC2)cc1. The van der Waals surface area contributed by atoms with Crippen molar-refractivity contribution >= 4 is 10.0 Å². The largest absolute Gasteiger partial charge is 0.497 e. The highest BCUT2D eigenvalue weighted by atomic mass is 32.2. The van der Waals surface area contributed by atoms with Crippen LogP contribution in [0.25, 0.3) is 0 Å². The van der Waals surface area contributed by atoms with Crippen molar-refractivity contribution in [3.05, 3.63) is 24.3 Å². The second-order valence-corrected chi connectivity index (χ2v) is 8.86. The number of benzene rings is 1. The molecule has 24 heavy (non-hydrogen) atoms. The minimum atomic E-state index is -3.38. The van der Waals surface area contributed by atoms with Gasteiger partial charge in [0.15, 0.2) is 0 Å². The fourth-order valence-electron chi connectivity index (χ4n) is 4.01. The van der Waals surface area contributed by atoms with E-state index < -0.39 is 10.0 Å². The van der Waals surface area contributed by atoms with Crippen molar-refractivity contribution in [3.8, 4) is 5.75 Å². The van der Waals surface area contributed by atoms with Crippen molar-refractivity contribution in [2.75, 3.05) is 33.3 Å². The zero-order chi connectivity index (χ0) is 17.0. The number of nitrogens with zero attached hydrogens (tertiary/aromatic N) is 1. The first-order valence-electron chi connectivity index (χ1n) is 9.10. The van der Waals surface area contributed by atoms with Gasteiger partial charge in [0.2, 0.25) is 10.0 Å². The van der Waals surface area contributed by atoms with Gasteiger partial charge in [0, 0.05) is 0 Å². The molecule has 1 heterocycles. The molecule has 3 rings (SSSR count). The summed E-state index contributed by atoms with van der Waals surface area (Å²) < 4.78 is 32.4. The number of sulfonamides is 1. The highest BCUT2D eigenvalue weighted by molar-refractivity contribution is 7.89. The molecule has 2 aliphatic rings. The Balaban J connectivity index is 1.62.